The maximum absolute atomic E-state index is 5.83. The molecule has 0 saturated carbocycles. The molecule has 0 aliphatic carbocycles. The van der Waals surface area contributed by atoms with Gasteiger partial charge >= 0.3 is 8.80 Å². The van der Waals surface area contributed by atoms with Gasteiger partial charge in [-0.2, -0.15) is 12.6 Å². The Kier molecular flexibility index (Phi) is 7.11. The Labute approximate surface area is 100 Å². The number of thiol groups is 1. The molecule has 0 saturated heterocycles. The van der Waals surface area contributed by atoms with Crippen LogP contribution in [0.5, 0.6) is 0 Å². The van der Waals surface area contributed by atoms with Gasteiger partial charge in [-0.05, 0) is 41.5 Å². The Morgan fingerprint density at radius 3 is 1.20 bits per heavy atom. The van der Waals surface area contributed by atoms with Crippen LogP contribution >= 0.6 is 12.6 Å². The second-order valence-electron chi connectivity index (χ2n) is 4.34. The largest absolute Gasteiger partial charge is 0.511 e. The number of rotatable bonds is 7. The first kappa shape index (κ1) is 15.4. The molecule has 0 heterocycles. The standard InChI is InChI=1S/C10H24O3SSi/c1-8(2)11-15(7-14,12-9(3)4)13-10(5)6/h8-10,14H,7H2,1-6H3. The van der Waals surface area contributed by atoms with Crippen LogP contribution < -0.4 is 0 Å². The van der Waals surface area contributed by atoms with Crippen LogP contribution in [0.15, 0.2) is 0 Å². The van der Waals surface area contributed by atoms with Crippen molar-refractivity contribution in [1.82, 2.24) is 0 Å². The van der Waals surface area contributed by atoms with E-state index in [1.165, 1.54) is 0 Å². The van der Waals surface area contributed by atoms with E-state index in [1.54, 1.807) is 0 Å². The molecule has 0 aromatic heterocycles. The summed E-state index contributed by atoms with van der Waals surface area (Å²) in [5.41, 5.74) is 0. The van der Waals surface area contributed by atoms with Crippen molar-refractivity contribution >= 4 is 21.4 Å². The second kappa shape index (κ2) is 6.91. The molecule has 0 aliphatic heterocycles. The van der Waals surface area contributed by atoms with Gasteiger partial charge in [0.25, 0.3) is 0 Å². The highest BCUT2D eigenvalue weighted by Gasteiger charge is 2.42. The monoisotopic (exact) mass is 252 g/mol. The fourth-order valence-electron chi connectivity index (χ4n) is 1.27. The first-order valence-corrected chi connectivity index (χ1v) is 8.02. The summed E-state index contributed by atoms with van der Waals surface area (Å²) in [5.74, 6) is 0. The average Bonchev–Trinajstić information content (AvgIpc) is 1.99. The molecule has 5 heteroatoms. The fraction of sp³-hybridized carbons (Fsp3) is 1.00. The topological polar surface area (TPSA) is 27.7 Å². The summed E-state index contributed by atoms with van der Waals surface area (Å²) in [6.07, 6.45) is 0.295. The van der Waals surface area contributed by atoms with Crippen LogP contribution in [0.25, 0.3) is 0 Å². The molecule has 0 aliphatic rings. The molecule has 0 atom stereocenters. The summed E-state index contributed by atoms with van der Waals surface area (Å²) in [7, 11) is -2.59. The lowest BCUT2D eigenvalue weighted by Crippen LogP contribution is -2.52. The van der Waals surface area contributed by atoms with Gasteiger partial charge in [0.1, 0.15) is 0 Å². The Morgan fingerprint density at radius 2 is 1.07 bits per heavy atom. The van der Waals surface area contributed by atoms with Crippen LogP contribution in [-0.2, 0) is 13.3 Å². The van der Waals surface area contributed by atoms with E-state index in [0.717, 1.165) is 0 Å². The molecule has 3 nitrogen and oxygen atoms in total. The predicted octanol–water partition coefficient (Wildman–Crippen LogP) is 2.67. The molecule has 0 aromatic rings. The molecule has 0 rings (SSSR count). The van der Waals surface area contributed by atoms with Crippen molar-refractivity contribution in [1.29, 1.82) is 0 Å². The van der Waals surface area contributed by atoms with Crippen molar-refractivity contribution in [2.75, 3.05) is 5.38 Å². The summed E-state index contributed by atoms with van der Waals surface area (Å²) in [6.45, 7) is 11.9. The Balaban J connectivity index is 4.59. The van der Waals surface area contributed by atoms with E-state index >= 15 is 0 Å². The van der Waals surface area contributed by atoms with Crippen LogP contribution in [0.1, 0.15) is 41.5 Å². The quantitative estimate of drug-likeness (QED) is 0.558. The molecule has 0 amide bonds. The van der Waals surface area contributed by atoms with E-state index < -0.39 is 8.80 Å². The molecule has 0 bridgehead atoms. The first-order chi connectivity index (χ1) is 6.81. The highest BCUT2D eigenvalue weighted by atomic mass is 32.1. The van der Waals surface area contributed by atoms with Gasteiger partial charge in [-0.3, -0.25) is 0 Å². The molecular weight excluding hydrogens is 228 g/mol. The zero-order valence-electron chi connectivity index (χ0n) is 10.6. The lowest BCUT2D eigenvalue weighted by Gasteiger charge is -2.33. The lowest BCUT2D eigenvalue weighted by molar-refractivity contribution is 0.00812. The van der Waals surface area contributed by atoms with Crippen LogP contribution in [0.4, 0.5) is 0 Å². The van der Waals surface area contributed by atoms with Gasteiger partial charge in [0.15, 0.2) is 0 Å². The SMILES string of the molecule is CC(C)O[Si](CS)(OC(C)C)OC(C)C. The molecule has 0 fully saturated rings. The summed E-state index contributed by atoms with van der Waals surface area (Å²) >= 11 is 4.31. The minimum atomic E-state index is -2.59. The molecule has 0 aromatic carbocycles. The third kappa shape index (κ3) is 6.58. The summed E-state index contributed by atoms with van der Waals surface area (Å²) < 4.78 is 17.5. The Bertz CT molecular complexity index is 148. The maximum atomic E-state index is 5.83. The van der Waals surface area contributed by atoms with Crippen molar-refractivity contribution in [3.63, 3.8) is 0 Å². The van der Waals surface area contributed by atoms with E-state index in [-0.39, 0.29) is 18.3 Å². The van der Waals surface area contributed by atoms with Crippen molar-refractivity contribution in [3.05, 3.63) is 0 Å². The zero-order chi connectivity index (χ0) is 12.1. The third-order valence-electron chi connectivity index (χ3n) is 1.44. The van der Waals surface area contributed by atoms with Gasteiger partial charge in [0.05, 0.1) is 5.38 Å². The zero-order valence-corrected chi connectivity index (χ0v) is 12.5. The second-order valence-corrected chi connectivity index (χ2v) is 7.68. The van der Waals surface area contributed by atoms with Crippen LogP contribution in [0, 0.1) is 0 Å². The van der Waals surface area contributed by atoms with Crippen LogP contribution in [0.3, 0.4) is 0 Å². The summed E-state index contributed by atoms with van der Waals surface area (Å²) in [4.78, 5) is 0. The molecule has 0 unspecified atom stereocenters. The van der Waals surface area contributed by atoms with Gasteiger partial charge in [-0.1, -0.05) is 0 Å². The number of hydrogen-bond acceptors (Lipinski definition) is 4. The van der Waals surface area contributed by atoms with E-state index in [2.05, 4.69) is 12.6 Å². The lowest BCUT2D eigenvalue weighted by atomic mass is 10.5. The third-order valence-corrected chi connectivity index (χ3v) is 5.48. The summed E-state index contributed by atoms with van der Waals surface area (Å²) in [6, 6.07) is 0. The molecular formula is C10H24O3SSi. The first-order valence-electron chi connectivity index (χ1n) is 5.45. The van der Waals surface area contributed by atoms with Crippen molar-refractivity contribution in [3.8, 4) is 0 Å². The van der Waals surface area contributed by atoms with Gasteiger partial charge < -0.3 is 13.3 Å². The highest BCUT2D eigenvalue weighted by molar-refractivity contribution is 7.82. The Hall–Kier alpha value is 0.447. The van der Waals surface area contributed by atoms with E-state index in [1.807, 2.05) is 41.5 Å². The average molecular weight is 252 g/mol. The normalized spacial score (nSPS) is 13.2. The van der Waals surface area contributed by atoms with Gasteiger partial charge in [0, 0.05) is 18.3 Å². The van der Waals surface area contributed by atoms with Crippen molar-refractivity contribution in [2.45, 2.75) is 59.9 Å². The molecule has 0 radical (unpaired) electrons. The molecule has 92 valence electrons. The number of hydrogen-bond donors (Lipinski definition) is 1. The molecule has 15 heavy (non-hydrogen) atoms. The summed E-state index contributed by atoms with van der Waals surface area (Å²) in [5, 5.41) is 0.515. The smallest absolute Gasteiger partial charge is 0.370 e. The minimum absolute atomic E-state index is 0.0984. The fourth-order valence-corrected chi connectivity index (χ4v) is 4.49. The maximum Gasteiger partial charge on any atom is 0.511 e. The van der Waals surface area contributed by atoms with Crippen molar-refractivity contribution in [2.24, 2.45) is 0 Å². The van der Waals surface area contributed by atoms with E-state index in [4.69, 9.17) is 13.3 Å². The highest BCUT2D eigenvalue weighted by Crippen LogP contribution is 2.18. The van der Waals surface area contributed by atoms with Gasteiger partial charge in [-0.25, -0.2) is 0 Å². The minimum Gasteiger partial charge on any atom is -0.370 e. The van der Waals surface area contributed by atoms with Crippen LogP contribution in [0.2, 0.25) is 0 Å². The van der Waals surface area contributed by atoms with E-state index in [9.17, 15) is 0 Å². The van der Waals surface area contributed by atoms with E-state index in [0.29, 0.717) is 5.38 Å². The molecule has 0 spiro atoms. The van der Waals surface area contributed by atoms with Crippen molar-refractivity contribution < 1.29 is 13.3 Å². The Morgan fingerprint density at radius 1 is 0.800 bits per heavy atom. The van der Waals surface area contributed by atoms with Gasteiger partial charge in [0.2, 0.25) is 0 Å². The van der Waals surface area contributed by atoms with Gasteiger partial charge in [-0.15, -0.1) is 0 Å². The predicted molar refractivity (Wildman–Crippen MR) is 68.3 cm³/mol. The van der Waals surface area contributed by atoms with Crippen LogP contribution in [-0.4, -0.2) is 32.5 Å². The molecule has 0 N–H and O–H groups in total.